The molecule has 0 atom stereocenters. The summed E-state index contributed by atoms with van der Waals surface area (Å²) >= 11 is 0. The molecule has 4 aromatic rings. The van der Waals surface area contributed by atoms with Gasteiger partial charge in [-0.15, -0.1) is 0 Å². The van der Waals surface area contributed by atoms with E-state index < -0.39 is 39.9 Å². The van der Waals surface area contributed by atoms with Crippen LogP contribution in [0.5, 0.6) is 23.1 Å². The monoisotopic (exact) mass is 483 g/mol. The first-order chi connectivity index (χ1) is 18.1. The highest BCUT2D eigenvalue weighted by molar-refractivity contribution is 7.92. The Balaban J connectivity index is 1.94. The second-order valence-corrected chi connectivity index (χ2v) is 8.34. The Hall–Kier alpha value is -4.25. The lowest BCUT2D eigenvalue weighted by Gasteiger charge is -2.17. The minimum absolute atomic E-state index is 0.0631. The summed E-state index contributed by atoms with van der Waals surface area (Å²) in [6.07, 6.45) is 4.39. The molecule has 0 spiro atoms. The quantitative estimate of drug-likeness (QED) is 0.398. The van der Waals surface area contributed by atoms with Crippen LogP contribution in [-0.4, -0.2) is 42.6 Å². The van der Waals surface area contributed by atoms with Gasteiger partial charge in [-0.25, -0.2) is 9.97 Å². The van der Waals surface area contributed by atoms with Crippen LogP contribution in [-0.2, 0) is 10.0 Å². The Morgan fingerprint density at radius 1 is 0.971 bits per heavy atom. The van der Waals surface area contributed by atoms with E-state index in [1.807, 2.05) is 0 Å². The Morgan fingerprint density at radius 2 is 1.71 bits per heavy atom. The molecule has 0 bridgehead atoms. The van der Waals surface area contributed by atoms with Gasteiger partial charge < -0.3 is 14.2 Å². The number of nitrogens with one attached hydrogen (secondary N) is 1. The van der Waals surface area contributed by atoms with Crippen LogP contribution in [0.3, 0.4) is 0 Å². The second kappa shape index (κ2) is 9.71. The van der Waals surface area contributed by atoms with E-state index in [0.717, 1.165) is 5.56 Å². The van der Waals surface area contributed by atoms with Crippen molar-refractivity contribution in [3.63, 3.8) is 0 Å². The van der Waals surface area contributed by atoms with Gasteiger partial charge >= 0.3 is 0 Å². The topological polar surface area (TPSA) is 125 Å². The zero-order valence-corrected chi connectivity index (χ0v) is 19.1. The fourth-order valence-electron chi connectivity index (χ4n) is 2.76. The predicted molar refractivity (Wildman–Crippen MR) is 125 cm³/mol. The van der Waals surface area contributed by atoms with Crippen LogP contribution in [0.2, 0.25) is 0 Å². The third-order valence-corrected chi connectivity index (χ3v) is 5.64. The maximum absolute atomic E-state index is 13.2. The number of hydrogen-bond acceptors (Lipinski definition) is 9. The minimum atomic E-state index is -4.30. The molecule has 0 aliphatic carbocycles. The van der Waals surface area contributed by atoms with E-state index in [2.05, 4.69) is 24.7 Å². The molecule has 0 fully saturated rings. The van der Waals surface area contributed by atoms with E-state index in [1.54, 1.807) is 25.1 Å². The number of methoxy groups -OCH3 is 2. The maximum Gasteiger partial charge on any atom is 0.280 e. The molecule has 0 unspecified atom stereocenters. The van der Waals surface area contributed by atoms with Crippen molar-refractivity contribution in [1.29, 1.82) is 0 Å². The number of hydrogen-bond donors (Lipinski definition) is 1. The zero-order valence-electron chi connectivity index (χ0n) is 22.3. The van der Waals surface area contributed by atoms with Gasteiger partial charge in [0.25, 0.3) is 15.9 Å². The van der Waals surface area contributed by atoms with Gasteiger partial charge in [-0.2, -0.15) is 13.4 Å². The van der Waals surface area contributed by atoms with E-state index in [1.165, 1.54) is 38.9 Å². The van der Waals surface area contributed by atoms with Crippen molar-refractivity contribution < 1.29 is 28.1 Å². The van der Waals surface area contributed by atoms with Gasteiger partial charge in [-0.05, 0) is 42.8 Å². The number of para-hydroxylation sites is 2. The molecule has 174 valence electrons. The molecule has 0 saturated heterocycles. The Morgan fingerprint density at radius 3 is 2.35 bits per heavy atom. The van der Waals surface area contributed by atoms with Crippen LogP contribution >= 0.6 is 0 Å². The van der Waals surface area contributed by atoms with Crippen LogP contribution in [0.4, 0.5) is 5.82 Å². The second-order valence-electron chi connectivity index (χ2n) is 6.71. The Kier molecular flexibility index (Phi) is 5.20. The summed E-state index contributed by atoms with van der Waals surface area (Å²) in [7, 11) is -1.83. The molecular weight excluding hydrogens is 458 g/mol. The summed E-state index contributed by atoms with van der Waals surface area (Å²) in [6, 6.07) is 3.90. The number of aryl methyl sites for hydroxylation is 1. The number of benzene rings is 1. The minimum Gasteiger partial charge on any atom is -0.493 e. The van der Waals surface area contributed by atoms with Gasteiger partial charge in [-0.3, -0.25) is 9.71 Å². The number of aromatic nitrogens is 4. The molecule has 0 aliphatic rings. The smallest absolute Gasteiger partial charge is 0.280 e. The van der Waals surface area contributed by atoms with Gasteiger partial charge in [0, 0.05) is 24.2 Å². The zero-order chi connectivity index (χ0) is 27.6. The molecular formula is C23H21N5O5S. The number of ether oxygens (including phenoxy) is 3. The van der Waals surface area contributed by atoms with Crippen molar-refractivity contribution in [2.24, 2.45) is 0 Å². The van der Waals surface area contributed by atoms with Crippen molar-refractivity contribution >= 4 is 15.8 Å². The first-order valence-electron chi connectivity index (χ1n) is 11.7. The third kappa shape index (κ3) is 4.89. The SMILES string of the molecule is [2H]c1c([2H])c([2H])c(Oc2c(NS(=O)(=O)c3ccc(C)cn3)nc(-c3ccncc3)nc2OC)c(OC)c1[2H]. The van der Waals surface area contributed by atoms with E-state index in [9.17, 15) is 8.42 Å². The van der Waals surface area contributed by atoms with E-state index in [0.29, 0.717) is 5.56 Å². The predicted octanol–water partition coefficient (Wildman–Crippen LogP) is 3.85. The number of rotatable bonds is 8. The van der Waals surface area contributed by atoms with Gasteiger partial charge in [0.1, 0.15) is 0 Å². The highest BCUT2D eigenvalue weighted by Gasteiger charge is 2.25. The fourth-order valence-corrected chi connectivity index (χ4v) is 3.70. The van der Waals surface area contributed by atoms with E-state index >= 15 is 0 Å². The summed E-state index contributed by atoms with van der Waals surface area (Å²) in [6.45, 7) is 1.76. The maximum atomic E-state index is 13.2. The average molecular weight is 484 g/mol. The highest BCUT2D eigenvalue weighted by atomic mass is 32.2. The molecule has 0 radical (unpaired) electrons. The average Bonchev–Trinajstić information content (AvgIpc) is 2.91. The summed E-state index contributed by atoms with van der Waals surface area (Å²) in [4.78, 5) is 16.6. The summed E-state index contributed by atoms with van der Waals surface area (Å²) in [5.41, 5.74) is 1.24. The van der Waals surface area contributed by atoms with E-state index in [-0.39, 0.29) is 34.0 Å². The number of sulfonamides is 1. The molecule has 10 nitrogen and oxygen atoms in total. The number of nitrogens with zero attached hydrogens (tertiary/aromatic N) is 4. The lowest BCUT2D eigenvalue weighted by molar-refractivity contribution is 0.348. The molecule has 1 N–H and O–H groups in total. The van der Waals surface area contributed by atoms with Crippen molar-refractivity contribution in [3.8, 4) is 34.5 Å². The largest absolute Gasteiger partial charge is 0.493 e. The molecule has 3 heterocycles. The third-order valence-electron chi connectivity index (χ3n) is 4.39. The lowest BCUT2D eigenvalue weighted by Crippen LogP contribution is -2.17. The number of pyridine rings is 2. The molecule has 1 aromatic carbocycles. The molecule has 0 amide bonds. The normalized spacial score (nSPS) is 12.7. The summed E-state index contributed by atoms with van der Waals surface area (Å²) in [5, 5.41) is -0.295. The van der Waals surface area contributed by atoms with Crippen LogP contribution < -0.4 is 18.9 Å². The van der Waals surface area contributed by atoms with Gasteiger partial charge in [0.05, 0.1) is 19.7 Å². The summed E-state index contributed by atoms with van der Waals surface area (Å²) < 4.78 is 77.5. The fraction of sp³-hybridized carbons (Fsp3) is 0.130. The van der Waals surface area contributed by atoms with Crippen LogP contribution in [0.25, 0.3) is 11.4 Å². The molecule has 11 heteroatoms. The molecule has 3 aromatic heterocycles. The van der Waals surface area contributed by atoms with Crippen molar-refractivity contribution in [2.45, 2.75) is 11.9 Å². The van der Waals surface area contributed by atoms with Crippen LogP contribution in [0.15, 0.2) is 72.1 Å². The van der Waals surface area contributed by atoms with Gasteiger partial charge in [0.15, 0.2) is 28.2 Å². The Labute approximate surface area is 202 Å². The van der Waals surface area contributed by atoms with Crippen molar-refractivity contribution in [1.82, 2.24) is 19.9 Å². The molecule has 4 rings (SSSR count). The van der Waals surface area contributed by atoms with Crippen LogP contribution in [0, 0.1) is 6.92 Å². The Bertz CT molecular complexity index is 1610. The molecule has 0 saturated carbocycles. The standard InChI is InChI=1S/C23H21N5O5S/c1-15-8-9-19(25-14-15)34(29,30)28-22-20(33-18-7-5-4-6-17(18)31-2)23(32-3)27-21(26-22)16-10-12-24-13-11-16/h4-14H,1-3H3,(H,26,27,28)/i4D,5D,6D,7D. The summed E-state index contributed by atoms with van der Waals surface area (Å²) in [5.74, 6) is -1.65. The van der Waals surface area contributed by atoms with Crippen molar-refractivity contribution in [2.75, 3.05) is 18.9 Å². The first-order valence-corrected chi connectivity index (χ1v) is 11.2. The first kappa shape index (κ1) is 18.2. The van der Waals surface area contributed by atoms with Gasteiger partial charge in [-0.1, -0.05) is 18.2 Å². The number of anilines is 1. The van der Waals surface area contributed by atoms with Crippen LogP contribution in [0.1, 0.15) is 11.0 Å². The van der Waals surface area contributed by atoms with E-state index in [4.69, 9.17) is 19.7 Å². The lowest BCUT2D eigenvalue weighted by atomic mass is 10.2. The van der Waals surface area contributed by atoms with Crippen molar-refractivity contribution in [3.05, 3.63) is 72.6 Å². The molecule has 34 heavy (non-hydrogen) atoms. The highest BCUT2D eigenvalue weighted by Crippen LogP contribution is 2.41. The molecule has 0 aliphatic heterocycles. The van der Waals surface area contributed by atoms with Gasteiger partial charge in [0.2, 0.25) is 5.75 Å².